The maximum absolute atomic E-state index is 10.9. The molecular formula is C16H19N7O. The van der Waals surface area contributed by atoms with Gasteiger partial charge in [-0.1, -0.05) is 19.6 Å². The first-order valence-electron chi connectivity index (χ1n) is 6.88. The molecule has 0 unspecified atom stereocenters. The van der Waals surface area contributed by atoms with E-state index >= 15 is 0 Å². The molecule has 0 saturated carbocycles. The van der Waals surface area contributed by atoms with Crippen LogP contribution in [0.3, 0.4) is 0 Å². The zero-order valence-corrected chi connectivity index (χ0v) is 12.5. The summed E-state index contributed by atoms with van der Waals surface area (Å²) in [6.45, 7) is 0.495. The number of carbonyl (C=O) groups excluding carboxylic acids is 1. The summed E-state index contributed by atoms with van der Waals surface area (Å²) in [6, 6.07) is 7.30. The Hall–Kier alpha value is -3.29. The Balaban J connectivity index is 0.00000208. The number of hydrogen-bond acceptors (Lipinski definition) is 8. The summed E-state index contributed by atoms with van der Waals surface area (Å²) in [5, 5.41) is 0. The first-order valence-corrected chi connectivity index (χ1v) is 6.88. The zero-order valence-electron chi connectivity index (χ0n) is 12.5. The number of hydrogen-bond donors (Lipinski definition) is 2. The number of aldehydes is 1. The molecule has 8 heteroatoms. The van der Waals surface area contributed by atoms with Crippen LogP contribution in [0.2, 0.25) is 0 Å². The van der Waals surface area contributed by atoms with Crippen molar-refractivity contribution < 1.29 is 4.79 Å². The zero-order chi connectivity index (χ0) is 16.4. The van der Waals surface area contributed by atoms with Crippen molar-refractivity contribution in [2.45, 2.75) is 14.0 Å². The van der Waals surface area contributed by atoms with Gasteiger partial charge in [-0.25, -0.2) is 9.97 Å². The number of anilines is 3. The fraction of sp³-hybridized carbons (Fsp3) is 0.188. The molecule has 3 rings (SSSR count). The molecular weight excluding hydrogens is 306 g/mol. The van der Waals surface area contributed by atoms with Crippen LogP contribution in [0, 0.1) is 0 Å². The van der Waals surface area contributed by atoms with Gasteiger partial charge < -0.3 is 16.4 Å². The maximum Gasteiger partial charge on any atom is 0.224 e. The number of fused-ring (bicyclic) bond motifs is 1. The van der Waals surface area contributed by atoms with Gasteiger partial charge in [-0.15, -0.1) is 0 Å². The second-order valence-electron chi connectivity index (χ2n) is 5.07. The van der Waals surface area contributed by atoms with Gasteiger partial charge in [-0.05, 0) is 12.1 Å². The highest BCUT2D eigenvalue weighted by Gasteiger charge is 2.10. The van der Waals surface area contributed by atoms with E-state index in [1.807, 2.05) is 24.1 Å². The fourth-order valence-corrected chi connectivity index (χ4v) is 2.23. The summed E-state index contributed by atoms with van der Waals surface area (Å²) in [5.74, 6) is 0.271. The first kappa shape index (κ1) is 17.1. The molecule has 4 N–H and O–H groups in total. The van der Waals surface area contributed by atoms with Crippen LogP contribution in [0.4, 0.5) is 17.5 Å². The molecule has 24 heavy (non-hydrogen) atoms. The minimum Gasteiger partial charge on any atom is -0.382 e. The summed E-state index contributed by atoms with van der Waals surface area (Å²) in [5.41, 5.74) is 14.4. The van der Waals surface area contributed by atoms with E-state index in [2.05, 4.69) is 19.9 Å². The summed E-state index contributed by atoms with van der Waals surface area (Å²) < 4.78 is 0. The summed E-state index contributed by atoms with van der Waals surface area (Å²) in [7, 11) is 1.90. The highest BCUT2D eigenvalue weighted by molar-refractivity contribution is 5.81. The van der Waals surface area contributed by atoms with Gasteiger partial charge in [0.1, 0.15) is 6.29 Å². The standard InChI is InChI=1S/C15H15N7O.CH4/c1-22(11-4-2-3-9(5-11)8-23)7-10-6-18-14-12(19-10)13(16)20-15(17)21-14;/h2-6,8H,7H2,1H3,(H4,16,17,18,20,21);1H4. The van der Waals surface area contributed by atoms with Gasteiger partial charge in [0.15, 0.2) is 17.0 Å². The van der Waals surface area contributed by atoms with Gasteiger partial charge in [-0.3, -0.25) is 4.79 Å². The van der Waals surface area contributed by atoms with Gasteiger partial charge in [0.05, 0.1) is 18.4 Å². The number of nitrogens with zero attached hydrogens (tertiary/aromatic N) is 5. The summed E-state index contributed by atoms with van der Waals surface area (Å²) >= 11 is 0. The van der Waals surface area contributed by atoms with E-state index in [9.17, 15) is 4.79 Å². The molecule has 8 nitrogen and oxygen atoms in total. The third kappa shape index (κ3) is 3.37. The molecule has 0 aliphatic rings. The number of rotatable bonds is 4. The number of aromatic nitrogens is 4. The SMILES string of the molecule is C.CN(Cc1cnc2nc(N)nc(N)c2n1)c1cccc(C=O)c1. The minimum atomic E-state index is 0. The van der Waals surface area contributed by atoms with Crippen LogP contribution in [0.15, 0.2) is 30.5 Å². The van der Waals surface area contributed by atoms with E-state index < -0.39 is 0 Å². The molecule has 0 spiro atoms. The Morgan fingerprint density at radius 2 is 2.00 bits per heavy atom. The molecule has 0 saturated heterocycles. The Bertz CT molecular complexity index is 881. The second-order valence-corrected chi connectivity index (χ2v) is 5.07. The normalized spacial score (nSPS) is 10.2. The number of benzene rings is 1. The van der Waals surface area contributed by atoms with Gasteiger partial charge in [-0.2, -0.15) is 9.97 Å². The highest BCUT2D eigenvalue weighted by atomic mass is 16.1. The van der Waals surface area contributed by atoms with Crippen molar-refractivity contribution in [3.63, 3.8) is 0 Å². The largest absolute Gasteiger partial charge is 0.382 e. The van der Waals surface area contributed by atoms with E-state index in [0.29, 0.717) is 29.0 Å². The lowest BCUT2D eigenvalue weighted by atomic mass is 10.2. The molecule has 2 aromatic heterocycles. The molecule has 3 aromatic rings. The van der Waals surface area contributed by atoms with Crippen LogP contribution in [0.1, 0.15) is 23.5 Å². The van der Waals surface area contributed by atoms with Crippen LogP contribution in [-0.2, 0) is 6.54 Å². The molecule has 0 fully saturated rings. The van der Waals surface area contributed by atoms with E-state index in [1.54, 1.807) is 18.3 Å². The molecule has 0 aliphatic carbocycles. The van der Waals surface area contributed by atoms with E-state index in [-0.39, 0.29) is 19.2 Å². The van der Waals surface area contributed by atoms with Gasteiger partial charge in [0.2, 0.25) is 5.95 Å². The van der Waals surface area contributed by atoms with Gasteiger partial charge in [0, 0.05) is 18.3 Å². The number of nitrogen functional groups attached to an aromatic ring is 2. The van der Waals surface area contributed by atoms with E-state index in [4.69, 9.17) is 11.5 Å². The van der Waals surface area contributed by atoms with Crippen LogP contribution < -0.4 is 16.4 Å². The van der Waals surface area contributed by atoms with Crippen LogP contribution in [0.25, 0.3) is 11.2 Å². The van der Waals surface area contributed by atoms with E-state index in [0.717, 1.165) is 12.0 Å². The molecule has 0 atom stereocenters. The Morgan fingerprint density at radius 1 is 1.21 bits per heavy atom. The third-order valence-electron chi connectivity index (χ3n) is 3.35. The lowest BCUT2D eigenvalue weighted by molar-refractivity contribution is 0.112. The topological polar surface area (TPSA) is 124 Å². The Morgan fingerprint density at radius 3 is 2.75 bits per heavy atom. The van der Waals surface area contributed by atoms with Crippen molar-refractivity contribution in [2.75, 3.05) is 23.4 Å². The van der Waals surface area contributed by atoms with Crippen molar-refractivity contribution in [3.8, 4) is 0 Å². The molecule has 0 bridgehead atoms. The van der Waals surface area contributed by atoms with Crippen molar-refractivity contribution in [2.24, 2.45) is 0 Å². The summed E-state index contributed by atoms with van der Waals surface area (Å²) in [4.78, 5) is 29.4. The van der Waals surface area contributed by atoms with Gasteiger partial charge in [0.25, 0.3) is 0 Å². The molecule has 0 amide bonds. The fourth-order valence-electron chi connectivity index (χ4n) is 2.23. The molecule has 1 aromatic carbocycles. The molecule has 0 radical (unpaired) electrons. The quantitative estimate of drug-likeness (QED) is 0.694. The lowest BCUT2D eigenvalue weighted by Gasteiger charge is -2.19. The van der Waals surface area contributed by atoms with Crippen molar-refractivity contribution in [1.29, 1.82) is 0 Å². The Labute approximate surface area is 139 Å². The third-order valence-corrected chi connectivity index (χ3v) is 3.35. The highest BCUT2D eigenvalue weighted by Crippen LogP contribution is 2.18. The molecule has 2 heterocycles. The van der Waals surface area contributed by atoms with Crippen LogP contribution in [0.5, 0.6) is 0 Å². The average molecular weight is 325 g/mol. The smallest absolute Gasteiger partial charge is 0.224 e. The van der Waals surface area contributed by atoms with Crippen LogP contribution >= 0.6 is 0 Å². The number of nitrogens with two attached hydrogens (primary N) is 2. The molecule has 0 aliphatic heterocycles. The minimum absolute atomic E-state index is 0. The van der Waals surface area contributed by atoms with Crippen molar-refractivity contribution in [3.05, 3.63) is 41.7 Å². The monoisotopic (exact) mass is 325 g/mol. The summed E-state index contributed by atoms with van der Waals surface area (Å²) in [6.07, 6.45) is 2.43. The second kappa shape index (κ2) is 6.86. The number of carbonyl (C=O) groups is 1. The molecule has 124 valence electrons. The van der Waals surface area contributed by atoms with E-state index in [1.165, 1.54) is 0 Å². The maximum atomic E-state index is 10.9. The predicted molar refractivity (Wildman–Crippen MR) is 94.6 cm³/mol. The van der Waals surface area contributed by atoms with Crippen LogP contribution in [-0.4, -0.2) is 33.3 Å². The van der Waals surface area contributed by atoms with Crippen molar-refractivity contribution >= 4 is 34.9 Å². The van der Waals surface area contributed by atoms with Crippen molar-refractivity contribution in [1.82, 2.24) is 19.9 Å². The lowest BCUT2D eigenvalue weighted by Crippen LogP contribution is -2.18. The Kier molecular flexibility index (Phi) is 4.88. The predicted octanol–water partition coefficient (Wildman–Crippen LogP) is 1.67. The van der Waals surface area contributed by atoms with Gasteiger partial charge >= 0.3 is 0 Å². The average Bonchev–Trinajstić information content (AvgIpc) is 2.55. The first-order chi connectivity index (χ1) is 11.1.